The van der Waals surface area contributed by atoms with Crippen LogP contribution >= 0.6 is 11.3 Å². The van der Waals surface area contributed by atoms with Crippen LogP contribution in [0.2, 0.25) is 0 Å². The molecule has 2 rings (SSSR count). The molecule has 4 heteroatoms. The third kappa shape index (κ3) is 3.61. The quantitative estimate of drug-likeness (QED) is 0.825. The summed E-state index contributed by atoms with van der Waals surface area (Å²) < 4.78 is 0. The first-order valence-corrected chi connectivity index (χ1v) is 6.60. The average Bonchev–Trinajstić information content (AvgIpc) is 2.65. The van der Waals surface area contributed by atoms with Crippen molar-refractivity contribution in [2.24, 2.45) is 0 Å². The van der Waals surface area contributed by atoms with E-state index in [0.717, 1.165) is 30.2 Å². The lowest BCUT2D eigenvalue weighted by atomic mass is 10.2. The average molecular weight is 247 g/mol. The van der Waals surface area contributed by atoms with Gasteiger partial charge in [0.05, 0.1) is 10.7 Å². The standard InChI is InChI=1S/C13H17N3S/c1-10-13(17-11(2)16-10)9-15-8-5-12-3-6-14-7-4-12/h3-4,6-7,15H,5,8-9H2,1-2H3. The van der Waals surface area contributed by atoms with Gasteiger partial charge >= 0.3 is 0 Å². The maximum absolute atomic E-state index is 4.42. The highest BCUT2D eigenvalue weighted by Gasteiger charge is 2.03. The van der Waals surface area contributed by atoms with Gasteiger partial charge in [0, 0.05) is 23.8 Å². The molecule has 0 aromatic carbocycles. The van der Waals surface area contributed by atoms with Crippen LogP contribution in [0.15, 0.2) is 24.5 Å². The van der Waals surface area contributed by atoms with E-state index in [4.69, 9.17) is 0 Å². The van der Waals surface area contributed by atoms with Crippen molar-refractivity contribution >= 4 is 11.3 Å². The molecule has 90 valence electrons. The second kappa shape index (κ2) is 5.89. The Bertz CT molecular complexity index is 465. The largest absolute Gasteiger partial charge is 0.311 e. The van der Waals surface area contributed by atoms with E-state index < -0.39 is 0 Å². The van der Waals surface area contributed by atoms with Gasteiger partial charge in [0.2, 0.25) is 0 Å². The van der Waals surface area contributed by atoms with Crippen LogP contribution in [0, 0.1) is 13.8 Å². The van der Waals surface area contributed by atoms with Crippen LogP contribution in [0.25, 0.3) is 0 Å². The number of rotatable bonds is 5. The Morgan fingerprint density at radius 3 is 2.65 bits per heavy atom. The van der Waals surface area contributed by atoms with Crippen molar-refractivity contribution in [3.63, 3.8) is 0 Å². The van der Waals surface area contributed by atoms with Gasteiger partial charge in [-0.05, 0) is 44.5 Å². The summed E-state index contributed by atoms with van der Waals surface area (Å²) in [6.07, 6.45) is 4.72. The number of hydrogen-bond acceptors (Lipinski definition) is 4. The zero-order valence-corrected chi connectivity index (χ0v) is 11.0. The Morgan fingerprint density at radius 2 is 2.00 bits per heavy atom. The molecule has 0 spiro atoms. The van der Waals surface area contributed by atoms with E-state index >= 15 is 0 Å². The van der Waals surface area contributed by atoms with Crippen LogP contribution in [-0.2, 0) is 13.0 Å². The number of thiazole rings is 1. The van der Waals surface area contributed by atoms with Crippen molar-refractivity contribution in [1.29, 1.82) is 0 Å². The van der Waals surface area contributed by atoms with Crippen molar-refractivity contribution < 1.29 is 0 Å². The monoisotopic (exact) mass is 247 g/mol. The third-order valence-corrected chi connectivity index (χ3v) is 3.70. The molecule has 2 heterocycles. The third-order valence-electron chi connectivity index (χ3n) is 2.62. The molecule has 0 fully saturated rings. The number of aromatic nitrogens is 2. The number of pyridine rings is 1. The summed E-state index contributed by atoms with van der Waals surface area (Å²) in [5, 5.41) is 4.60. The number of nitrogens with one attached hydrogen (secondary N) is 1. The molecule has 0 bridgehead atoms. The summed E-state index contributed by atoms with van der Waals surface area (Å²) in [7, 11) is 0. The first kappa shape index (κ1) is 12.2. The predicted octanol–water partition coefficient (Wildman–Crippen LogP) is 2.49. The summed E-state index contributed by atoms with van der Waals surface area (Å²) in [6, 6.07) is 4.12. The van der Waals surface area contributed by atoms with Gasteiger partial charge in [-0.15, -0.1) is 11.3 Å². The van der Waals surface area contributed by atoms with Gasteiger partial charge in [-0.1, -0.05) is 0 Å². The van der Waals surface area contributed by atoms with Crippen LogP contribution in [0.3, 0.4) is 0 Å². The molecule has 0 aliphatic carbocycles. The maximum Gasteiger partial charge on any atom is 0.0900 e. The Kier molecular flexibility index (Phi) is 4.23. The van der Waals surface area contributed by atoms with Crippen molar-refractivity contribution in [1.82, 2.24) is 15.3 Å². The van der Waals surface area contributed by atoms with Crippen LogP contribution in [0.1, 0.15) is 21.1 Å². The Balaban J connectivity index is 1.75. The Labute approximate surface area is 106 Å². The minimum atomic E-state index is 0.919. The smallest absolute Gasteiger partial charge is 0.0900 e. The number of aryl methyl sites for hydroxylation is 2. The molecule has 0 radical (unpaired) electrons. The van der Waals surface area contributed by atoms with E-state index in [2.05, 4.69) is 41.3 Å². The van der Waals surface area contributed by atoms with Crippen molar-refractivity contribution in [3.05, 3.63) is 45.7 Å². The number of nitrogens with zero attached hydrogens (tertiary/aromatic N) is 2. The summed E-state index contributed by atoms with van der Waals surface area (Å²) in [4.78, 5) is 9.77. The maximum atomic E-state index is 4.42. The summed E-state index contributed by atoms with van der Waals surface area (Å²) in [6.45, 7) is 6.03. The van der Waals surface area contributed by atoms with Crippen LogP contribution in [-0.4, -0.2) is 16.5 Å². The molecule has 2 aromatic heterocycles. The molecule has 17 heavy (non-hydrogen) atoms. The van der Waals surface area contributed by atoms with Gasteiger partial charge in [0.25, 0.3) is 0 Å². The second-order valence-electron chi connectivity index (χ2n) is 4.02. The summed E-state index contributed by atoms with van der Waals surface area (Å²) in [5.74, 6) is 0. The molecule has 0 amide bonds. The van der Waals surface area contributed by atoms with Crippen molar-refractivity contribution in [3.8, 4) is 0 Å². The molecular weight excluding hydrogens is 230 g/mol. The normalized spacial score (nSPS) is 10.7. The van der Waals surface area contributed by atoms with Gasteiger partial charge in [-0.2, -0.15) is 0 Å². The van der Waals surface area contributed by atoms with Gasteiger partial charge in [0.15, 0.2) is 0 Å². The molecule has 2 aromatic rings. The molecule has 3 nitrogen and oxygen atoms in total. The van der Waals surface area contributed by atoms with E-state index in [1.165, 1.54) is 10.4 Å². The van der Waals surface area contributed by atoms with Gasteiger partial charge in [0.1, 0.15) is 0 Å². The van der Waals surface area contributed by atoms with Crippen molar-refractivity contribution in [2.45, 2.75) is 26.8 Å². The minimum absolute atomic E-state index is 0.919. The lowest BCUT2D eigenvalue weighted by Gasteiger charge is -2.03. The second-order valence-corrected chi connectivity index (χ2v) is 5.31. The summed E-state index contributed by atoms with van der Waals surface area (Å²) >= 11 is 1.78. The van der Waals surface area contributed by atoms with E-state index in [-0.39, 0.29) is 0 Å². The Hall–Kier alpha value is -1.26. The molecule has 0 atom stereocenters. The SMILES string of the molecule is Cc1nc(C)c(CNCCc2ccncc2)s1. The van der Waals surface area contributed by atoms with E-state index in [1.54, 1.807) is 11.3 Å². The number of hydrogen-bond donors (Lipinski definition) is 1. The zero-order chi connectivity index (χ0) is 12.1. The topological polar surface area (TPSA) is 37.8 Å². The van der Waals surface area contributed by atoms with Crippen LogP contribution in [0.4, 0.5) is 0 Å². The molecular formula is C13H17N3S. The Morgan fingerprint density at radius 1 is 1.24 bits per heavy atom. The fraction of sp³-hybridized carbons (Fsp3) is 0.385. The fourth-order valence-corrected chi connectivity index (χ4v) is 2.63. The van der Waals surface area contributed by atoms with Gasteiger partial charge in [-0.25, -0.2) is 4.98 Å². The van der Waals surface area contributed by atoms with E-state index in [9.17, 15) is 0 Å². The first-order valence-electron chi connectivity index (χ1n) is 5.78. The highest BCUT2D eigenvalue weighted by atomic mass is 32.1. The summed E-state index contributed by atoms with van der Waals surface area (Å²) in [5.41, 5.74) is 2.48. The van der Waals surface area contributed by atoms with Crippen LogP contribution in [0.5, 0.6) is 0 Å². The zero-order valence-electron chi connectivity index (χ0n) is 10.2. The lowest BCUT2D eigenvalue weighted by molar-refractivity contribution is 0.690. The molecule has 0 saturated heterocycles. The van der Waals surface area contributed by atoms with Gasteiger partial charge in [-0.3, -0.25) is 4.98 Å². The van der Waals surface area contributed by atoms with Crippen LogP contribution < -0.4 is 5.32 Å². The molecule has 0 aliphatic rings. The molecule has 0 aliphatic heterocycles. The van der Waals surface area contributed by atoms with Gasteiger partial charge < -0.3 is 5.32 Å². The lowest BCUT2D eigenvalue weighted by Crippen LogP contribution is -2.16. The predicted molar refractivity (Wildman–Crippen MR) is 71.2 cm³/mol. The molecule has 0 saturated carbocycles. The van der Waals surface area contributed by atoms with Crippen molar-refractivity contribution in [2.75, 3.05) is 6.54 Å². The highest BCUT2D eigenvalue weighted by molar-refractivity contribution is 7.11. The first-order chi connectivity index (χ1) is 8.25. The van der Waals surface area contributed by atoms with E-state index in [0.29, 0.717) is 0 Å². The highest BCUT2D eigenvalue weighted by Crippen LogP contribution is 2.16. The van der Waals surface area contributed by atoms with E-state index in [1.807, 2.05) is 12.4 Å². The fourth-order valence-electron chi connectivity index (χ4n) is 1.72. The molecule has 1 N–H and O–H groups in total. The molecule has 0 unspecified atom stereocenters. The minimum Gasteiger partial charge on any atom is -0.311 e.